The summed E-state index contributed by atoms with van der Waals surface area (Å²) in [6.45, 7) is 4.40. The summed E-state index contributed by atoms with van der Waals surface area (Å²) in [5, 5.41) is 7.11. The number of aryl methyl sites for hydroxylation is 1. The third-order valence-electron chi connectivity index (χ3n) is 3.50. The number of nitrogens with one attached hydrogen (secondary N) is 2. The second kappa shape index (κ2) is 7.04. The molecule has 3 rings (SSSR count). The topological polar surface area (TPSA) is 79.8 Å². The standard InChI is InChI=1S/C18H19N5O/c1-3-9-20-18(24)15-11-16(22-12(2)21-15)23-14-8-4-6-13-7-5-10-19-17(13)14/h4-8,10-11H,3,9H2,1-2H3,(H,20,24)(H,21,22,23). The van der Waals surface area contributed by atoms with E-state index in [4.69, 9.17) is 0 Å². The second-order valence-corrected chi connectivity index (χ2v) is 5.45. The van der Waals surface area contributed by atoms with Gasteiger partial charge in [0.05, 0.1) is 11.2 Å². The van der Waals surface area contributed by atoms with Crippen LogP contribution in [-0.4, -0.2) is 27.4 Å². The van der Waals surface area contributed by atoms with Gasteiger partial charge in [0.2, 0.25) is 0 Å². The SMILES string of the molecule is CCCNC(=O)c1cc(Nc2cccc3cccnc23)nc(C)n1. The Morgan fingerprint density at radius 2 is 2.00 bits per heavy atom. The minimum Gasteiger partial charge on any atom is -0.351 e. The van der Waals surface area contributed by atoms with Crippen molar-refractivity contribution in [2.75, 3.05) is 11.9 Å². The average molecular weight is 321 g/mol. The van der Waals surface area contributed by atoms with Crippen molar-refractivity contribution in [2.45, 2.75) is 20.3 Å². The van der Waals surface area contributed by atoms with E-state index in [2.05, 4.69) is 25.6 Å². The Morgan fingerprint density at radius 3 is 2.83 bits per heavy atom. The molecule has 0 fully saturated rings. The van der Waals surface area contributed by atoms with Gasteiger partial charge < -0.3 is 10.6 Å². The molecule has 6 heteroatoms. The van der Waals surface area contributed by atoms with E-state index in [0.29, 0.717) is 23.9 Å². The number of carbonyl (C=O) groups is 1. The van der Waals surface area contributed by atoms with Crippen molar-refractivity contribution in [3.8, 4) is 0 Å². The summed E-state index contributed by atoms with van der Waals surface area (Å²) in [5.74, 6) is 0.915. The van der Waals surface area contributed by atoms with E-state index in [0.717, 1.165) is 23.0 Å². The van der Waals surface area contributed by atoms with Crippen LogP contribution in [0.25, 0.3) is 10.9 Å². The van der Waals surface area contributed by atoms with E-state index < -0.39 is 0 Å². The lowest BCUT2D eigenvalue weighted by Crippen LogP contribution is -2.25. The summed E-state index contributed by atoms with van der Waals surface area (Å²) in [4.78, 5) is 25.1. The van der Waals surface area contributed by atoms with E-state index in [-0.39, 0.29) is 5.91 Å². The molecule has 0 aliphatic rings. The van der Waals surface area contributed by atoms with Crippen molar-refractivity contribution in [2.24, 2.45) is 0 Å². The van der Waals surface area contributed by atoms with Gasteiger partial charge >= 0.3 is 0 Å². The molecule has 1 amide bonds. The molecule has 0 atom stereocenters. The van der Waals surface area contributed by atoms with Gasteiger partial charge in [0.15, 0.2) is 0 Å². The predicted molar refractivity (Wildman–Crippen MR) is 94.4 cm³/mol. The molecule has 3 aromatic rings. The number of fused-ring (bicyclic) bond motifs is 1. The largest absolute Gasteiger partial charge is 0.351 e. The van der Waals surface area contributed by atoms with Crippen LogP contribution in [0.15, 0.2) is 42.6 Å². The summed E-state index contributed by atoms with van der Waals surface area (Å²) < 4.78 is 0. The highest BCUT2D eigenvalue weighted by Gasteiger charge is 2.11. The van der Waals surface area contributed by atoms with Crippen molar-refractivity contribution in [1.82, 2.24) is 20.3 Å². The molecule has 0 unspecified atom stereocenters. The van der Waals surface area contributed by atoms with Crippen molar-refractivity contribution in [3.63, 3.8) is 0 Å². The zero-order valence-electron chi connectivity index (χ0n) is 13.7. The Balaban J connectivity index is 1.92. The molecule has 2 N–H and O–H groups in total. The number of benzene rings is 1. The second-order valence-electron chi connectivity index (χ2n) is 5.45. The number of anilines is 2. The fourth-order valence-corrected chi connectivity index (χ4v) is 2.42. The molecule has 0 saturated carbocycles. The maximum Gasteiger partial charge on any atom is 0.270 e. The number of rotatable bonds is 5. The molecule has 0 saturated heterocycles. The average Bonchev–Trinajstić information content (AvgIpc) is 2.59. The van der Waals surface area contributed by atoms with Gasteiger partial charge in [0, 0.05) is 24.2 Å². The number of amides is 1. The summed E-state index contributed by atoms with van der Waals surface area (Å²) >= 11 is 0. The van der Waals surface area contributed by atoms with Crippen molar-refractivity contribution < 1.29 is 4.79 Å². The smallest absolute Gasteiger partial charge is 0.270 e. The summed E-state index contributed by atoms with van der Waals surface area (Å²) in [7, 11) is 0. The van der Waals surface area contributed by atoms with Crippen LogP contribution in [0.5, 0.6) is 0 Å². The van der Waals surface area contributed by atoms with Crippen molar-refractivity contribution in [3.05, 3.63) is 54.1 Å². The van der Waals surface area contributed by atoms with Gasteiger partial charge in [-0.3, -0.25) is 9.78 Å². The minimum absolute atomic E-state index is 0.193. The lowest BCUT2D eigenvalue weighted by atomic mass is 10.2. The molecule has 2 aromatic heterocycles. The van der Waals surface area contributed by atoms with Crippen LogP contribution in [-0.2, 0) is 0 Å². The van der Waals surface area contributed by atoms with Crippen LogP contribution >= 0.6 is 0 Å². The van der Waals surface area contributed by atoms with Crippen molar-refractivity contribution >= 4 is 28.3 Å². The molecular formula is C18H19N5O. The predicted octanol–water partition coefficient (Wildman–Crippen LogP) is 3.22. The first-order chi connectivity index (χ1) is 11.7. The maximum atomic E-state index is 12.1. The molecule has 24 heavy (non-hydrogen) atoms. The number of carbonyl (C=O) groups excluding carboxylic acids is 1. The summed E-state index contributed by atoms with van der Waals surface area (Å²) in [6.07, 6.45) is 2.63. The first kappa shape index (κ1) is 15.9. The fraction of sp³-hybridized carbons (Fsp3) is 0.222. The Morgan fingerprint density at radius 1 is 1.17 bits per heavy atom. The molecule has 1 aromatic carbocycles. The molecule has 0 bridgehead atoms. The normalized spacial score (nSPS) is 10.6. The third kappa shape index (κ3) is 3.48. The number of pyridine rings is 1. The van der Waals surface area contributed by atoms with Gasteiger partial charge in [-0.15, -0.1) is 0 Å². The first-order valence-electron chi connectivity index (χ1n) is 7.92. The quantitative estimate of drug-likeness (QED) is 0.754. The Labute approximate surface area is 140 Å². The van der Waals surface area contributed by atoms with Crippen LogP contribution < -0.4 is 10.6 Å². The van der Waals surface area contributed by atoms with Crippen LogP contribution in [0.2, 0.25) is 0 Å². The van der Waals surface area contributed by atoms with Gasteiger partial charge in [-0.2, -0.15) is 0 Å². The van der Waals surface area contributed by atoms with Gasteiger partial charge in [0.1, 0.15) is 17.3 Å². The van der Waals surface area contributed by atoms with E-state index >= 15 is 0 Å². The third-order valence-corrected chi connectivity index (χ3v) is 3.50. The highest BCUT2D eigenvalue weighted by atomic mass is 16.1. The van der Waals surface area contributed by atoms with Crippen LogP contribution in [0, 0.1) is 6.92 Å². The number of aromatic nitrogens is 3. The van der Waals surface area contributed by atoms with Gasteiger partial charge in [-0.25, -0.2) is 9.97 Å². The molecule has 0 spiro atoms. The molecule has 0 radical (unpaired) electrons. The molecule has 6 nitrogen and oxygen atoms in total. The Bertz CT molecular complexity index is 873. The summed E-state index contributed by atoms with van der Waals surface area (Å²) in [5.41, 5.74) is 2.05. The number of para-hydroxylation sites is 1. The molecule has 0 aliphatic heterocycles. The monoisotopic (exact) mass is 321 g/mol. The zero-order valence-corrected chi connectivity index (χ0v) is 13.7. The number of hydrogen-bond acceptors (Lipinski definition) is 5. The van der Waals surface area contributed by atoms with Gasteiger partial charge in [-0.1, -0.05) is 25.1 Å². The molecule has 122 valence electrons. The highest BCUT2D eigenvalue weighted by molar-refractivity contribution is 5.94. The Kier molecular flexibility index (Phi) is 4.65. The van der Waals surface area contributed by atoms with Gasteiger partial charge in [-0.05, 0) is 25.5 Å². The minimum atomic E-state index is -0.193. The lowest BCUT2D eigenvalue weighted by molar-refractivity contribution is 0.0948. The maximum absolute atomic E-state index is 12.1. The zero-order chi connectivity index (χ0) is 16.9. The molecule has 2 heterocycles. The molecule has 0 aliphatic carbocycles. The Hall–Kier alpha value is -3.02. The van der Waals surface area contributed by atoms with Crippen LogP contribution in [0.1, 0.15) is 29.7 Å². The highest BCUT2D eigenvalue weighted by Crippen LogP contribution is 2.23. The molecular weight excluding hydrogens is 302 g/mol. The van der Waals surface area contributed by atoms with E-state index in [1.807, 2.05) is 37.3 Å². The van der Waals surface area contributed by atoms with Crippen LogP contribution in [0.4, 0.5) is 11.5 Å². The van der Waals surface area contributed by atoms with E-state index in [9.17, 15) is 4.79 Å². The number of nitrogens with zero attached hydrogens (tertiary/aromatic N) is 3. The van der Waals surface area contributed by atoms with Gasteiger partial charge in [0.25, 0.3) is 5.91 Å². The first-order valence-corrected chi connectivity index (χ1v) is 7.92. The fourth-order valence-electron chi connectivity index (χ4n) is 2.42. The van der Waals surface area contributed by atoms with E-state index in [1.54, 1.807) is 19.2 Å². The van der Waals surface area contributed by atoms with E-state index in [1.165, 1.54) is 0 Å². The number of hydrogen-bond donors (Lipinski definition) is 2. The summed E-state index contributed by atoms with van der Waals surface area (Å²) in [6, 6.07) is 11.4. The lowest BCUT2D eigenvalue weighted by Gasteiger charge is -2.10. The van der Waals surface area contributed by atoms with Crippen LogP contribution in [0.3, 0.4) is 0 Å². The van der Waals surface area contributed by atoms with Crippen molar-refractivity contribution in [1.29, 1.82) is 0 Å².